The van der Waals surface area contributed by atoms with Crippen LogP contribution in [-0.4, -0.2) is 51.8 Å². The first-order valence-corrected chi connectivity index (χ1v) is 7.39. The zero-order valence-corrected chi connectivity index (χ0v) is 12.6. The standard InChI is InChI=1S/C16H19FN4O/c1-13-10-18-21(11-13)16(22)20-7-5-19(6-8-20)12-14-3-2-4-15(17)9-14/h2-4,9-11H,5-8,12H2,1H3. The highest BCUT2D eigenvalue weighted by molar-refractivity contribution is 5.76. The first kappa shape index (κ1) is 14.7. The van der Waals surface area contributed by atoms with Crippen molar-refractivity contribution in [2.75, 3.05) is 26.2 Å². The Morgan fingerprint density at radius 3 is 2.68 bits per heavy atom. The van der Waals surface area contributed by atoms with Gasteiger partial charge in [0.1, 0.15) is 5.82 Å². The van der Waals surface area contributed by atoms with E-state index in [1.165, 1.54) is 10.7 Å². The number of nitrogens with zero attached hydrogens (tertiary/aromatic N) is 4. The third kappa shape index (κ3) is 3.33. The minimum absolute atomic E-state index is 0.0847. The normalized spacial score (nSPS) is 16.0. The first-order valence-electron chi connectivity index (χ1n) is 7.39. The molecule has 0 atom stereocenters. The molecule has 1 amide bonds. The summed E-state index contributed by atoms with van der Waals surface area (Å²) in [6, 6.07) is 6.58. The molecule has 116 valence electrons. The first-order chi connectivity index (χ1) is 10.6. The lowest BCUT2D eigenvalue weighted by atomic mass is 10.2. The van der Waals surface area contributed by atoms with Crippen molar-refractivity contribution in [1.29, 1.82) is 0 Å². The SMILES string of the molecule is Cc1cnn(C(=O)N2CCN(Cc3cccc(F)c3)CC2)c1. The summed E-state index contributed by atoms with van der Waals surface area (Å²) in [5.41, 5.74) is 1.93. The Morgan fingerprint density at radius 1 is 1.27 bits per heavy atom. The van der Waals surface area contributed by atoms with E-state index in [2.05, 4.69) is 10.00 Å². The van der Waals surface area contributed by atoms with Gasteiger partial charge in [-0.3, -0.25) is 4.90 Å². The molecule has 0 unspecified atom stereocenters. The summed E-state index contributed by atoms with van der Waals surface area (Å²) in [5, 5.41) is 4.06. The molecule has 1 saturated heterocycles. The number of aromatic nitrogens is 2. The van der Waals surface area contributed by atoms with Crippen LogP contribution in [0.3, 0.4) is 0 Å². The van der Waals surface area contributed by atoms with Gasteiger partial charge in [0.15, 0.2) is 0 Å². The van der Waals surface area contributed by atoms with Crippen LogP contribution in [0.5, 0.6) is 0 Å². The number of amides is 1. The number of rotatable bonds is 2. The third-order valence-corrected chi connectivity index (χ3v) is 3.85. The quantitative estimate of drug-likeness (QED) is 0.853. The van der Waals surface area contributed by atoms with Gasteiger partial charge in [-0.15, -0.1) is 0 Å². The molecule has 0 saturated carbocycles. The predicted octanol–water partition coefficient (Wildman–Crippen LogP) is 2.12. The zero-order valence-electron chi connectivity index (χ0n) is 12.6. The van der Waals surface area contributed by atoms with Crippen molar-refractivity contribution in [3.05, 3.63) is 53.6 Å². The van der Waals surface area contributed by atoms with E-state index in [1.807, 2.05) is 13.0 Å². The number of benzene rings is 1. The van der Waals surface area contributed by atoms with E-state index >= 15 is 0 Å². The van der Waals surface area contributed by atoms with Crippen molar-refractivity contribution in [3.8, 4) is 0 Å². The lowest BCUT2D eigenvalue weighted by Crippen LogP contribution is -2.49. The van der Waals surface area contributed by atoms with Crippen LogP contribution in [0.1, 0.15) is 11.1 Å². The van der Waals surface area contributed by atoms with Crippen molar-refractivity contribution in [3.63, 3.8) is 0 Å². The van der Waals surface area contributed by atoms with Gasteiger partial charge in [-0.05, 0) is 30.2 Å². The second-order valence-corrected chi connectivity index (χ2v) is 5.64. The van der Waals surface area contributed by atoms with Gasteiger partial charge < -0.3 is 4.90 Å². The summed E-state index contributed by atoms with van der Waals surface area (Å²) in [5.74, 6) is -0.208. The molecular formula is C16H19FN4O. The van der Waals surface area contributed by atoms with Gasteiger partial charge in [0.05, 0.1) is 6.20 Å². The fraction of sp³-hybridized carbons (Fsp3) is 0.375. The summed E-state index contributed by atoms with van der Waals surface area (Å²) in [7, 11) is 0. The van der Waals surface area contributed by atoms with Crippen molar-refractivity contribution in [2.45, 2.75) is 13.5 Å². The molecule has 1 fully saturated rings. The average Bonchev–Trinajstić information content (AvgIpc) is 2.94. The van der Waals surface area contributed by atoms with Gasteiger partial charge in [-0.1, -0.05) is 12.1 Å². The maximum atomic E-state index is 13.2. The third-order valence-electron chi connectivity index (χ3n) is 3.85. The summed E-state index contributed by atoms with van der Waals surface area (Å²) in [6.07, 6.45) is 3.42. The molecule has 0 N–H and O–H groups in total. The van der Waals surface area contributed by atoms with E-state index in [4.69, 9.17) is 0 Å². The molecule has 0 spiro atoms. The summed E-state index contributed by atoms with van der Waals surface area (Å²) in [4.78, 5) is 16.3. The van der Waals surface area contributed by atoms with Crippen LogP contribution in [0.25, 0.3) is 0 Å². The van der Waals surface area contributed by atoms with E-state index in [1.54, 1.807) is 29.4 Å². The van der Waals surface area contributed by atoms with Gasteiger partial charge in [0.25, 0.3) is 0 Å². The number of piperazine rings is 1. The smallest absolute Gasteiger partial charge is 0.320 e. The zero-order chi connectivity index (χ0) is 15.5. The van der Waals surface area contributed by atoms with Crippen LogP contribution in [-0.2, 0) is 6.54 Å². The molecule has 0 aliphatic carbocycles. The van der Waals surface area contributed by atoms with E-state index in [9.17, 15) is 9.18 Å². The molecule has 3 rings (SSSR count). The Kier molecular flexibility index (Phi) is 4.20. The number of hydrogen-bond acceptors (Lipinski definition) is 3. The molecule has 22 heavy (non-hydrogen) atoms. The molecule has 2 heterocycles. The molecule has 1 aromatic carbocycles. The topological polar surface area (TPSA) is 41.4 Å². The van der Waals surface area contributed by atoms with Crippen LogP contribution >= 0.6 is 0 Å². The van der Waals surface area contributed by atoms with Gasteiger partial charge in [0.2, 0.25) is 0 Å². The van der Waals surface area contributed by atoms with Crippen LogP contribution in [0.2, 0.25) is 0 Å². The highest BCUT2D eigenvalue weighted by atomic mass is 19.1. The van der Waals surface area contributed by atoms with E-state index < -0.39 is 0 Å². The molecule has 1 aromatic heterocycles. The van der Waals surface area contributed by atoms with Crippen molar-refractivity contribution in [1.82, 2.24) is 19.6 Å². The van der Waals surface area contributed by atoms with Crippen molar-refractivity contribution >= 4 is 6.03 Å². The Bertz CT molecular complexity index is 662. The number of halogens is 1. The lowest BCUT2D eigenvalue weighted by Gasteiger charge is -2.34. The monoisotopic (exact) mass is 302 g/mol. The summed E-state index contributed by atoms with van der Waals surface area (Å²) >= 11 is 0. The Morgan fingerprint density at radius 2 is 2.05 bits per heavy atom. The Balaban J connectivity index is 1.55. The molecular weight excluding hydrogens is 283 g/mol. The second-order valence-electron chi connectivity index (χ2n) is 5.64. The molecule has 1 aliphatic rings. The van der Waals surface area contributed by atoms with Crippen LogP contribution in [0.15, 0.2) is 36.7 Å². The number of aryl methyl sites for hydroxylation is 1. The minimum Gasteiger partial charge on any atom is -0.320 e. The molecule has 1 aliphatic heterocycles. The maximum absolute atomic E-state index is 13.2. The van der Waals surface area contributed by atoms with Crippen molar-refractivity contribution < 1.29 is 9.18 Å². The van der Waals surface area contributed by atoms with Crippen LogP contribution in [0, 0.1) is 12.7 Å². The largest absolute Gasteiger partial charge is 0.344 e. The van der Waals surface area contributed by atoms with E-state index in [-0.39, 0.29) is 11.8 Å². The van der Waals surface area contributed by atoms with E-state index in [0.717, 1.165) is 24.2 Å². The maximum Gasteiger partial charge on any atom is 0.344 e. The van der Waals surface area contributed by atoms with E-state index in [0.29, 0.717) is 19.6 Å². The Hall–Kier alpha value is -2.21. The fourth-order valence-electron chi connectivity index (χ4n) is 2.65. The van der Waals surface area contributed by atoms with Gasteiger partial charge in [-0.2, -0.15) is 9.78 Å². The van der Waals surface area contributed by atoms with Gasteiger partial charge in [0, 0.05) is 38.9 Å². The summed E-state index contributed by atoms with van der Waals surface area (Å²) < 4.78 is 14.6. The number of carbonyl (C=O) groups excluding carboxylic acids is 1. The number of hydrogen-bond donors (Lipinski definition) is 0. The average molecular weight is 302 g/mol. The van der Waals surface area contributed by atoms with Gasteiger partial charge >= 0.3 is 6.03 Å². The minimum atomic E-state index is -0.208. The van der Waals surface area contributed by atoms with Crippen LogP contribution in [0.4, 0.5) is 9.18 Å². The molecule has 5 nitrogen and oxygen atoms in total. The van der Waals surface area contributed by atoms with Crippen molar-refractivity contribution in [2.24, 2.45) is 0 Å². The lowest BCUT2D eigenvalue weighted by molar-refractivity contribution is 0.134. The summed E-state index contributed by atoms with van der Waals surface area (Å²) in [6.45, 7) is 5.50. The predicted molar refractivity (Wildman–Crippen MR) is 81.0 cm³/mol. The van der Waals surface area contributed by atoms with Crippen LogP contribution < -0.4 is 0 Å². The highest BCUT2D eigenvalue weighted by Gasteiger charge is 2.22. The Labute approximate surface area is 128 Å². The molecule has 0 bridgehead atoms. The number of carbonyl (C=O) groups is 1. The van der Waals surface area contributed by atoms with Gasteiger partial charge in [-0.25, -0.2) is 9.18 Å². The second kappa shape index (κ2) is 6.27. The highest BCUT2D eigenvalue weighted by Crippen LogP contribution is 2.11. The molecule has 6 heteroatoms. The fourth-order valence-corrected chi connectivity index (χ4v) is 2.65. The molecule has 2 aromatic rings. The molecule has 0 radical (unpaired) electrons.